The van der Waals surface area contributed by atoms with E-state index in [9.17, 15) is 4.79 Å². The molecule has 1 N–H and O–H groups in total. The SMILES string of the molecule is COc1ccc(CNC(=O)c2ccc3c(c2)CCCO3)cc1. The molecule has 3 rings (SSSR count). The lowest BCUT2D eigenvalue weighted by Crippen LogP contribution is -2.23. The van der Waals surface area contributed by atoms with Crippen molar-refractivity contribution in [2.45, 2.75) is 19.4 Å². The lowest BCUT2D eigenvalue weighted by molar-refractivity contribution is 0.0950. The lowest BCUT2D eigenvalue weighted by atomic mass is 10.0. The number of amides is 1. The van der Waals surface area contributed by atoms with E-state index in [4.69, 9.17) is 9.47 Å². The van der Waals surface area contributed by atoms with E-state index in [1.165, 1.54) is 0 Å². The van der Waals surface area contributed by atoms with Crippen molar-refractivity contribution in [3.05, 3.63) is 59.2 Å². The van der Waals surface area contributed by atoms with Gasteiger partial charge < -0.3 is 14.8 Å². The lowest BCUT2D eigenvalue weighted by Gasteiger charge is -2.17. The van der Waals surface area contributed by atoms with Crippen LogP contribution in [-0.4, -0.2) is 19.6 Å². The highest BCUT2D eigenvalue weighted by molar-refractivity contribution is 5.94. The first-order valence-electron chi connectivity index (χ1n) is 7.43. The van der Waals surface area contributed by atoms with Gasteiger partial charge in [-0.05, 0) is 54.3 Å². The minimum absolute atomic E-state index is 0.0656. The predicted octanol–water partition coefficient (Wildman–Crippen LogP) is 2.95. The molecule has 1 aliphatic rings. The quantitative estimate of drug-likeness (QED) is 0.944. The van der Waals surface area contributed by atoms with Crippen molar-refractivity contribution in [2.24, 2.45) is 0 Å². The minimum Gasteiger partial charge on any atom is -0.497 e. The molecule has 0 fully saturated rings. The van der Waals surface area contributed by atoms with Crippen molar-refractivity contribution >= 4 is 5.91 Å². The average molecular weight is 297 g/mol. The number of hydrogen-bond acceptors (Lipinski definition) is 3. The molecule has 1 amide bonds. The maximum Gasteiger partial charge on any atom is 0.251 e. The van der Waals surface area contributed by atoms with Crippen molar-refractivity contribution in [1.29, 1.82) is 0 Å². The summed E-state index contributed by atoms with van der Waals surface area (Å²) in [6.45, 7) is 1.26. The van der Waals surface area contributed by atoms with Crippen LogP contribution in [0.25, 0.3) is 0 Å². The van der Waals surface area contributed by atoms with Crippen LogP contribution in [0.5, 0.6) is 11.5 Å². The zero-order valence-corrected chi connectivity index (χ0v) is 12.6. The van der Waals surface area contributed by atoms with Gasteiger partial charge in [-0.1, -0.05) is 12.1 Å². The highest BCUT2D eigenvalue weighted by atomic mass is 16.5. The second kappa shape index (κ2) is 6.52. The summed E-state index contributed by atoms with van der Waals surface area (Å²) >= 11 is 0. The summed E-state index contributed by atoms with van der Waals surface area (Å²) in [5.74, 6) is 1.65. The number of ether oxygens (including phenoxy) is 2. The van der Waals surface area contributed by atoms with E-state index >= 15 is 0 Å². The first-order valence-corrected chi connectivity index (χ1v) is 7.43. The van der Waals surface area contributed by atoms with Crippen LogP contribution in [0.15, 0.2) is 42.5 Å². The number of rotatable bonds is 4. The molecule has 2 aromatic carbocycles. The van der Waals surface area contributed by atoms with Gasteiger partial charge >= 0.3 is 0 Å². The molecule has 22 heavy (non-hydrogen) atoms. The molecular weight excluding hydrogens is 278 g/mol. The van der Waals surface area contributed by atoms with Crippen molar-refractivity contribution in [3.8, 4) is 11.5 Å². The van der Waals surface area contributed by atoms with Gasteiger partial charge in [0.25, 0.3) is 5.91 Å². The second-order valence-electron chi connectivity index (χ2n) is 5.31. The maximum absolute atomic E-state index is 12.3. The van der Waals surface area contributed by atoms with E-state index in [0.717, 1.165) is 42.1 Å². The summed E-state index contributed by atoms with van der Waals surface area (Å²) in [6, 6.07) is 13.3. The monoisotopic (exact) mass is 297 g/mol. The molecular formula is C18H19NO3. The Labute approximate surface area is 130 Å². The standard InChI is InChI=1S/C18H19NO3/c1-21-16-7-4-13(5-8-16)12-19-18(20)15-6-9-17-14(11-15)3-2-10-22-17/h4-9,11H,2-3,10,12H2,1H3,(H,19,20). The number of hydrogen-bond donors (Lipinski definition) is 1. The van der Waals surface area contributed by atoms with Gasteiger partial charge in [-0.3, -0.25) is 4.79 Å². The average Bonchev–Trinajstić information content (AvgIpc) is 2.59. The Balaban J connectivity index is 1.64. The molecule has 0 unspecified atom stereocenters. The molecule has 0 radical (unpaired) electrons. The van der Waals surface area contributed by atoms with E-state index in [1.54, 1.807) is 7.11 Å². The van der Waals surface area contributed by atoms with Crippen LogP contribution < -0.4 is 14.8 Å². The number of aryl methyl sites for hydroxylation is 1. The minimum atomic E-state index is -0.0656. The van der Waals surface area contributed by atoms with Crippen molar-refractivity contribution in [1.82, 2.24) is 5.32 Å². The highest BCUT2D eigenvalue weighted by Crippen LogP contribution is 2.25. The first-order chi connectivity index (χ1) is 10.8. The van der Waals surface area contributed by atoms with Crippen LogP contribution in [0.3, 0.4) is 0 Å². The van der Waals surface area contributed by atoms with Crippen molar-refractivity contribution in [2.75, 3.05) is 13.7 Å². The molecule has 0 saturated heterocycles. The van der Waals surface area contributed by atoms with Gasteiger partial charge in [0.2, 0.25) is 0 Å². The largest absolute Gasteiger partial charge is 0.497 e. The Bertz CT molecular complexity index is 665. The van der Waals surface area contributed by atoms with Gasteiger partial charge in [-0.25, -0.2) is 0 Å². The zero-order valence-electron chi connectivity index (χ0n) is 12.6. The summed E-state index contributed by atoms with van der Waals surface area (Å²) in [6.07, 6.45) is 1.97. The first kappa shape index (κ1) is 14.4. The normalized spacial score (nSPS) is 13.0. The van der Waals surface area contributed by atoms with Crippen LogP contribution >= 0.6 is 0 Å². The van der Waals surface area contributed by atoms with Crippen LogP contribution in [0, 0.1) is 0 Å². The van der Waals surface area contributed by atoms with Crippen LogP contribution in [0.4, 0.5) is 0 Å². The van der Waals surface area contributed by atoms with Crippen molar-refractivity contribution < 1.29 is 14.3 Å². The van der Waals surface area contributed by atoms with Crippen molar-refractivity contribution in [3.63, 3.8) is 0 Å². The Hall–Kier alpha value is -2.49. The van der Waals surface area contributed by atoms with E-state index in [2.05, 4.69) is 5.32 Å². The Morgan fingerprint density at radius 3 is 2.82 bits per heavy atom. The molecule has 1 heterocycles. The Kier molecular flexibility index (Phi) is 4.28. The van der Waals surface area contributed by atoms with Gasteiger partial charge in [0, 0.05) is 12.1 Å². The maximum atomic E-state index is 12.3. The molecule has 0 saturated carbocycles. The molecule has 0 bridgehead atoms. The molecule has 4 nitrogen and oxygen atoms in total. The number of fused-ring (bicyclic) bond motifs is 1. The van der Waals surface area contributed by atoms with Gasteiger partial charge in [0.1, 0.15) is 11.5 Å². The van der Waals surface area contributed by atoms with E-state index in [-0.39, 0.29) is 5.91 Å². The molecule has 0 aromatic heterocycles. The van der Waals surface area contributed by atoms with Crippen LogP contribution in [-0.2, 0) is 13.0 Å². The fraction of sp³-hybridized carbons (Fsp3) is 0.278. The number of carbonyl (C=O) groups is 1. The zero-order chi connectivity index (χ0) is 15.4. The number of carbonyl (C=O) groups excluding carboxylic acids is 1. The third-order valence-electron chi connectivity index (χ3n) is 3.78. The third kappa shape index (κ3) is 3.22. The predicted molar refractivity (Wildman–Crippen MR) is 84.4 cm³/mol. The molecule has 0 aliphatic carbocycles. The van der Waals surface area contributed by atoms with Gasteiger partial charge in [-0.2, -0.15) is 0 Å². The van der Waals surface area contributed by atoms with Crippen LogP contribution in [0.1, 0.15) is 27.9 Å². The summed E-state index contributed by atoms with van der Waals surface area (Å²) in [5, 5.41) is 2.94. The topological polar surface area (TPSA) is 47.6 Å². The smallest absolute Gasteiger partial charge is 0.251 e. The van der Waals surface area contributed by atoms with E-state index in [1.807, 2.05) is 42.5 Å². The van der Waals surface area contributed by atoms with Gasteiger partial charge in [0.05, 0.1) is 13.7 Å². The molecule has 0 atom stereocenters. The van der Waals surface area contributed by atoms with E-state index in [0.29, 0.717) is 12.1 Å². The molecule has 114 valence electrons. The number of benzene rings is 2. The second-order valence-corrected chi connectivity index (χ2v) is 5.31. The molecule has 0 spiro atoms. The van der Waals surface area contributed by atoms with Crippen LogP contribution in [0.2, 0.25) is 0 Å². The fourth-order valence-corrected chi connectivity index (χ4v) is 2.53. The highest BCUT2D eigenvalue weighted by Gasteiger charge is 2.13. The Morgan fingerprint density at radius 1 is 1.23 bits per heavy atom. The number of methoxy groups -OCH3 is 1. The summed E-state index contributed by atoms with van der Waals surface area (Å²) in [7, 11) is 1.64. The summed E-state index contributed by atoms with van der Waals surface area (Å²) in [5.41, 5.74) is 2.83. The molecule has 4 heteroatoms. The Morgan fingerprint density at radius 2 is 2.05 bits per heavy atom. The number of nitrogens with one attached hydrogen (secondary N) is 1. The van der Waals surface area contributed by atoms with Gasteiger partial charge in [-0.15, -0.1) is 0 Å². The molecule has 1 aliphatic heterocycles. The third-order valence-corrected chi connectivity index (χ3v) is 3.78. The summed E-state index contributed by atoms with van der Waals surface area (Å²) in [4.78, 5) is 12.3. The molecule has 2 aromatic rings. The van der Waals surface area contributed by atoms with E-state index < -0.39 is 0 Å². The summed E-state index contributed by atoms with van der Waals surface area (Å²) < 4.78 is 10.7. The van der Waals surface area contributed by atoms with Gasteiger partial charge in [0.15, 0.2) is 0 Å². The fourth-order valence-electron chi connectivity index (χ4n) is 2.53.